The molecule has 0 unspecified atom stereocenters. The highest BCUT2D eigenvalue weighted by Crippen LogP contribution is 2.14. The molecule has 0 saturated carbocycles. The largest absolute Gasteiger partial charge is 0.341 e. The Hall–Kier alpha value is -2.82. The molecule has 0 saturated heterocycles. The summed E-state index contributed by atoms with van der Waals surface area (Å²) in [4.78, 5) is 23.2. The molecule has 2 aromatic carbocycles. The van der Waals surface area contributed by atoms with Gasteiger partial charge in [-0.3, -0.25) is 4.79 Å². The molecule has 0 fully saturated rings. The average Bonchev–Trinajstić information content (AvgIpc) is 2.51. The summed E-state index contributed by atoms with van der Waals surface area (Å²) < 4.78 is 0. The van der Waals surface area contributed by atoms with Gasteiger partial charge in [0.2, 0.25) is 5.91 Å². The van der Waals surface area contributed by atoms with Crippen LogP contribution in [0.5, 0.6) is 0 Å². The van der Waals surface area contributed by atoms with Crippen LogP contribution in [0.1, 0.15) is 11.1 Å². The highest BCUT2D eigenvalue weighted by molar-refractivity contribution is 5.93. The van der Waals surface area contributed by atoms with Gasteiger partial charge in [-0.25, -0.2) is 4.79 Å². The van der Waals surface area contributed by atoms with Crippen LogP contribution in [0.15, 0.2) is 48.5 Å². The fourth-order valence-electron chi connectivity index (χ4n) is 1.93. The first-order valence-electron chi connectivity index (χ1n) is 7.01. The average molecular weight is 297 g/mol. The lowest BCUT2D eigenvalue weighted by Crippen LogP contribution is -2.24. The van der Waals surface area contributed by atoms with Crippen LogP contribution >= 0.6 is 0 Å². The smallest absolute Gasteiger partial charge is 0.318 e. The van der Waals surface area contributed by atoms with Gasteiger partial charge in [0.05, 0.1) is 6.42 Å². The van der Waals surface area contributed by atoms with Crippen molar-refractivity contribution in [3.63, 3.8) is 0 Å². The molecule has 0 heterocycles. The number of rotatable bonds is 4. The molecule has 0 spiro atoms. The Morgan fingerprint density at radius 1 is 0.864 bits per heavy atom. The number of amides is 3. The Bertz CT molecular complexity index is 649. The van der Waals surface area contributed by atoms with E-state index < -0.39 is 0 Å². The van der Waals surface area contributed by atoms with Crippen LogP contribution < -0.4 is 16.0 Å². The maximum atomic E-state index is 12.0. The molecule has 2 aromatic rings. The normalized spacial score (nSPS) is 9.91. The van der Waals surface area contributed by atoms with Crippen LogP contribution in [0.2, 0.25) is 0 Å². The Kier molecular flexibility index (Phi) is 5.14. The van der Waals surface area contributed by atoms with E-state index in [4.69, 9.17) is 0 Å². The molecule has 3 N–H and O–H groups in total. The second-order valence-electron chi connectivity index (χ2n) is 4.99. The number of hydrogen-bond donors (Lipinski definition) is 3. The van der Waals surface area contributed by atoms with E-state index in [1.165, 1.54) is 5.56 Å². The predicted molar refractivity (Wildman–Crippen MR) is 88.0 cm³/mol. The van der Waals surface area contributed by atoms with Crippen LogP contribution in [0.25, 0.3) is 0 Å². The summed E-state index contributed by atoms with van der Waals surface area (Å²) in [5.41, 5.74) is 3.50. The summed E-state index contributed by atoms with van der Waals surface area (Å²) in [6, 6.07) is 14.6. The van der Waals surface area contributed by atoms with Crippen molar-refractivity contribution < 1.29 is 9.59 Å². The van der Waals surface area contributed by atoms with Gasteiger partial charge in [0.15, 0.2) is 0 Å². The summed E-state index contributed by atoms with van der Waals surface area (Å²) in [7, 11) is 1.55. The minimum Gasteiger partial charge on any atom is -0.341 e. The van der Waals surface area contributed by atoms with Gasteiger partial charge in [-0.15, -0.1) is 0 Å². The predicted octanol–water partition coefficient (Wildman–Crippen LogP) is 2.93. The standard InChI is InChI=1S/C17H19N3O2/c1-12-3-5-13(6-4-12)11-16(21)19-14-7-9-15(10-8-14)20-17(22)18-2/h3-10H,11H2,1-2H3,(H,19,21)(H2,18,20,22). The summed E-state index contributed by atoms with van der Waals surface area (Å²) >= 11 is 0. The van der Waals surface area contributed by atoms with Gasteiger partial charge in [-0.2, -0.15) is 0 Å². The Morgan fingerprint density at radius 3 is 1.95 bits per heavy atom. The van der Waals surface area contributed by atoms with E-state index in [2.05, 4.69) is 16.0 Å². The van der Waals surface area contributed by atoms with Crippen molar-refractivity contribution in [3.05, 3.63) is 59.7 Å². The highest BCUT2D eigenvalue weighted by atomic mass is 16.2. The minimum atomic E-state index is -0.281. The number of carbonyl (C=O) groups is 2. The summed E-state index contributed by atoms with van der Waals surface area (Å²) in [6.07, 6.45) is 0.332. The lowest BCUT2D eigenvalue weighted by molar-refractivity contribution is -0.115. The molecule has 5 heteroatoms. The van der Waals surface area contributed by atoms with Gasteiger partial charge in [-0.05, 0) is 36.8 Å². The first kappa shape index (κ1) is 15.6. The zero-order valence-electron chi connectivity index (χ0n) is 12.6. The van der Waals surface area contributed by atoms with Gasteiger partial charge < -0.3 is 16.0 Å². The molecule has 0 atom stereocenters. The molecular weight excluding hydrogens is 278 g/mol. The van der Waals surface area contributed by atoms with Gasteiger partial charge in [0.1, 0.15) is 0 Å². The zero-order valence-corrected chi connectivity index (χ0v) is 12.6. The van der Waals surface area contributed by atoms with Crippen LogP contribution in [0.3, 0.4) is 0 Å². The van der Waals surface area contributed by atoms with Gasteiger partial charge in [0, 0.05) is 18.4 Å². The number of anilines is 2. The lowest BCUT2D eigenvalue weighted by Gasteiger charge is -2.08. The first-order valence-corrected chi connectivity index (χ1v) is 7.01. The van der Waals surface area contributed by atoms with E-state index in [0.29, 0.717) is 17.8 Å². The molecule has 3 amide bonds. The number of carbonyl (C=O) groups excluding carboxylic acids is 2. The Labute approximate surface area is 129 Å². The fourth-order valence-corrected chi connectivity index (χ4v) is 1.93. The van der Waals surface area contributed by atoms with E-state index in [0.717, 1.165) is 5.56 Å². The van der Waals surface area contributed by atoms with Gasteiger partial charge in [0.25, 0.3) is 0 Å². The molecule has 0 aliphatic rings. The third-order valence-corrected chi connectivity index (χ3v) is 3.14. The second kappa shape index (κ2) is 7.26. The van der Waals surface area contributed by atoms with Crippen LogP contribution in [-0.2, 0) is 11.2 Å². The van der Waals surface area contributed by atoms with Crippen molar-refractivity contribution in [2.24, 2.45) is 0 Å². The summed E-state index contributed by atoms with van der Waals surface area (Å²) in [5.74, 6) is -0.0733. The quantitative estimate of drug-likeness (QED) is 0.812. The molecule has 22 heavy (non-hydrogen) atoms. The van der Waals surface area contributed by atoms with Crippen molar-refractivity contribution in [2.75, 3.05) is 17.7 Å². The Morgan fingerprint density at radius 2 is 1.41 bits per heavy atom. The third-order valence-electron chi connectivity index (χ3n) is 3.14. The Balaban J connectivity index is 1.91. The van der Waals surface area contributed by atoms with Crippen LogP contribution in [0, 0.1) is 6.92 Å². The SMILES string of the molecule is CNC(=O)Nc1ccc(NC(=O)Cc2ccc(C)cc2)cc1. The maximum Gasteiger partial charge on any atom is 0.318 e. The number of aryl methyl sites for hydroxylation is 1. The number of benzene rings is 2. The topological polar surface area (TPSA) is 70.2 Å². The van der Waals surface area contributed by atoms with Crippen molar-refractivity contribution >= 4 is 23.3 Å². The highest BCUT2D eigenvalue weighted by Gasteiger charge is 2.05. The van der Waals surface area contributed by atoms with E-state index >= 15 is 0 Å². The first-order chi connectivity index (χ1) is 10.6. The third kappa shape index (κ3) is 4.63. The molecule has 0 bridgehead atoms. The number of urea groups is 1. The molecule has 0 aliphatic heterocycles. The fraction of sp³-hybridized carbons (Fsp3) is 0.176. The summed E-state index contributed by atoms with van der Waals surface area (Å²) in [5, 5.41) is 7.96. The van der Waals surface area contributed by atoms with E-state index in [-0.39, 0.29) is 11.9 Å². The monoisotopic (exact) mass is 297 g/mol. The summed E-state index contributed by atoms with van der Waals surface area (Å²) in [6.45, 7) is 2.01. The van der Waals surface area contributed by atoms with Crippen molar-refractivity contribution in [3.8, 4) is 0 Å². The molecule has 0 aromatic heterocycles. The molecule has 0 aliphatic carbocycles. The molecule has 2 rings (SSSR count). The maximum absolute atomic E-state index is 12.0. The van der Waals surface area contributed by atoms with Gasteiger partial charge >= 0.3 is 6.03 Å². The van der Waals surface area contributed by atoms with Crippen LogP contribution in [-0.4, -0.2) is 19.0 Å². The van der Waals surface area contributed by atoms with Gasteiger partial charge in [-0.1, -0.05) is 29.8 Å². The molecule has 5 nitrogen and oxygen atoms in total. The number of hydrogen-bond acceptors (Lipinski definition) is 2. The van der Waals surface area contributed by atoms with Crippen molar-refractivity contribution in [1.29, 1.82) is 0 Å². The number of nitrogens with one attached hydrogen (secondary N) is 3. The van der Waals surface area contributed by atoms with Crippen molar-refractivity contribution in [2.45, 2.75) is 13.3 Å². The molecular formula is C17H19N3O2. The van der Waals surface area contributed by atoms with E-state index in [9.17, 15) is 9.59 Å². The van der Waals surface area contributed by atoms with Crippen LogP contribution in [0.4, 0.5) is 16.2 Å². The van der Waals surface area contributed by atoms with Crippen molar-refractivity contribution in [1.82, 2.24) is 5.32 Å². The molecule has 114 valence electrons. The van der Waals surface area contributed by atoms with E-state index in [1.54, 1.807) is 31.3 Å². The molecule has 0 radical (unpaired) electrons. The zero-order chi connectivity index (χ0) is 15.9. The minimum absolute atomic E-state index is 0.0733. The van der Waals surface area contributed by atoms with E-state index in [1.807, 2.05) is 31.2 Å². The second-order valence-corrected chi connectivity index (χ2v) is 4.99. The lowest BCUT2D eigenvalue weighted by atomic mass is 10.1.